The van der Waals surface area contributed by atoms with Gasteiger partial charge in [0, 0.05) is 6.61 Å². The Morgan fingerprint density at radius 2 is 1.67 bits per heavy atom. The lowest BCUT2D eigenvalue weighted by atomic mass is 9.86. The van der Waals surface area contributed by atoms with Gasteiger partial charge in [0.15, 0.2) is 0 Å². The molecular weight excluding hydrogens is 224 g/mol. The minimum Gasteiger partial charge on any atom is -0.386 e. The van der Waals surface area contributed by atoms with Gasteiger partial charge in [0.2, 0.25) is 0 Å². The largest absolute Gasteiger partial charge is 0.386 e. The van der Waals surface area contributed by atoms with Gasteiger partial charge in [-0.15, -0.1) is 0 Å². The third-order valence-corrected chi connectivity index (χ3v) is 3.25. The predicted octanol–water partition coefficient (Wildman–Crippen LogP) is 3.83. The van der Waals surface area contributed by atoms with Gasteiger partial charge in [-0.05, 0) is 29.9 Å². The number of hydrogen-bond donors (Lipinski definition) is 1. The number of benzene rings is 1. The first-order valence-corrected chi connectivity index (χ1v) is 6.80. The van der Waals surface area contributed by atoms with Crippen LogP contribution in [0.2, 0.25) is 0 Å². The molecule has 0 fully saturated rings. The molecule has 1 N–H and O–H groups in total. The molecule has 0 spiro atoms. The van der Waals surface area contributed by atoms with Crippen LogP contribution in [0.3, 0.4) is 0 Å². The lowest BCUT2D eigenvalue weighted by Crippen LogP contribution is -2.21. The van der Waals surface area contributed by atoms with Crippen molar-refractivity contribution in [1.82, 2.24) is 0 Å². The van der Waals surface area contributed by atoms with E-state index in [9.17, 15) is 5.11 Å². The molecule has 1 rings (SSSR count). The Balaban J connectivity index is 2.84. The van der Waals surface area contributed by atoms with Crippen LogP contribution in [0.5, 0.6) is 0 Å². The zero-order chi connectivity index (χ0) is 13.8. The Hall–Kier alpha value is -0.860. The highest BCUT2D eigenvalue weighted by molar-refractivity contribution is 5.29. The summed E-state index contributed by atoms with van der Waals surface area (Å²) in [6.07, 6.45) is 0.162. The van der Waals surface area contributed by atoms with Crippen LogP contribution in [0, 0.1) is 0 Å². The van der Waals surface area contributed by atoms with Crippen molar-refractivity contribution in [1.29, 1.82) is 0 Å². The van der Waals surface area contributed by atoms with Gasteiger partial charge in [0.1, 0.15) is 6.10 Å². The first-order valence-electron chi connectivity index (χ1n) is 6.80. The molecule has 0 heterocycles. The first kappa shape index (κ1) is 15.2. The molecule has 2 unspecified atom stereocenters. The van der Waals surface area contributed by atoms with Crippen LogP contribution in [0.25, 0.3) is 0 Å². The molecular formula is C16H26O2. The molecule has 0 aliphatic rings. The third-order valence-electron chi connectivity index (χ3n) is 3.25. The Labute approximate surface area is 111 Å². The summed E-state index contributed by atoms with van der Waals surface area (Å²) in [6, 6.07) is 8.20. The fraction of sp³-hybridized carbons (Fsp3) is 0.625. The quantitative estimate of drug-likeness (QED) is 0.860. The van der Waals surface area contributed by atoms with Crippen LogP contribution >= 0.6 is 0 Å². The molecule has 0 radical (unpaired) electrons. The highest BCUT2D eigenvalue weighted by Crippen LogP contribution is 2.26. The zero-order valence-corrected chi connectivity index (χ0v) is 12.2. The van der Waals surface area contributed by atoms with E-state index in [0.717, 1.165) is 12.0 Å². The van der Waals surface area contributed by atoms with Crippen LogP contribution in [-0.2, 0) is 10.2 Å². The van der Waals surface area contributed by atoms with E-state index >= 15 is 0 Å². The van der Waals surface area contributed by atoms with Gasteiger partial charge < -0.3 is 9.84 Å². The Kier molecular flexibility index (Phi) is 5.36. The minimum absolute atomic E-state index is 0.115. The van der Waals surface area contributed by atoms with Crippen molar-refractivity contribution in [3.8, 4) is 0 Å². The van der Waals surface area contributed by atoms with Crippen molar-refractivity contribution >= 4 is 0 Å². The molecule has 1 aromatic carbocycles. The summed E-state index contributed by atoms with van der Waals surface area (Å²) in [7, 11) is 0. The van der Waals surface area contributed by atoms with Crippen molar-refractivity contribution in [2.45, 2.75) is 58.7 Å². The zero-order valence-electron chi connectivity index (χ0n) is 12.2. The van der Waals surface area contributed by atoms with Crippen molar-refractivity contribution < 1.29 is 9.84 Å². The summed E-state index contributed by atoms with van der Waals surface area (Å²) in [5.41, 5.74) is 2.36. The summed E-state index contributed by atoms with van der Waals surface area (Å²) in [5, 5.41) is 10.3. The van der Waals surface area contributed by atoms with Gasteiger partial charge in [-0.3, -0.25) is 0 Å². The molecule has 1 aromatic rings. The maximum atomic E-state index is 10.3. The number of aliphatic hydroxyl groups is 1. The number of rotatable bonds is 5. The number of aliphatic hydroxyl groups excluding tert-OH is 1. The smallest absolute Gasteiger partial charge is 0.105 e. The van der Waals surface area contributed by atoms with Crippen molar-refractivity contribution in [2.75, 3.05) is 6.61 Å². The summed E-state index contributed by atoms with van der Waals surface area (Å²) in [5.74, 6) is 0. The Morgan fingerprint density at radius 3 is 2.06 bits per heavy atom. The third kappa shape index (κ3) is 3.82. The monoisotopic (exact) mass is 250 g/mol. The van der Waals surface area contributed by atoms with E-state index < -0.39 is 6.10 Å². The molecule has 0 saturated carbocycles. The molecule has 102 valence electrons. The highest BCUT2D eigenvalue weighted by atomic mass is 16.5. The maximum absolute atomic E-state index is 10.3. The number of hydrogen-bond acceptors (Lipinski definition) is 2. The van der Waals surface area contributed by atoms with E-state index in [-0.39, 0.29) is 11.5 Å². The molecule has 0 aliphatic heterocycles. The molecule has 2 atom stereocenters. The topological polar surface area (TPSA) is 29.5 Å². The van der Waals surface area contributed by atoms with E-state index in [1.54, 1.807) is 0 Å². The van der Waals surface area contributed by atoms with Crippen LogP contribution in [0.1, 0.15) is 58.3 Å². The molecule has 0 aliphatic carbocycles. The lowest BCUT2D eigenvalue weighted by Gasteiger charge is -2.23. The first-order chi connectivity index (χ1) is 8.40. The summed E-state index contributed by atoms with van der Waals surface area (Å²) in [6.45, 7) is 11.2. The van der Waals surface area contributed by atoms with Crippen molar-refractivity contribution in [3.05, 3.63) is 35.4 Å². The molecule has 0 bridgehead atoms. The van der Waals surface area contributed by atoms with Gasteiger partial charge in [-0.2, -0.15) is 0 Å². The fourth-order valence-corrected chi connectivity index (χ4v) is 2.04. The molecule has 2 heteroatoms. The molecule has 0 saturated heterocycles. The maximum Gasteiger partial charge on any atom is 0.105 e. The molecule has 2 nitrogen and oxygen atoms in total. The van der Waals surface area contributed by atoms with Gasteiger partial charge >= 0.3 is 0 Å². The van der Waals surface area contributed by atoms with E-state index in [2.05, 4.69) is 32.9 Å². The van der Waals surface area contributed by atoms with Gasteiger partial charge in [-0.25, -0.2) is 0 Å². The normalized spacial score (nSPS) is 15.4. The van der Waals surface area contributed by atoms with Gasteiger partial charge in [0.25, 0.3) is 0 Å². The summed E-state index contributed by atoms with van der Waals surface area (Å²) in [4.78, 5) is 0. The summed E-state index contributed by atoms with van der Waals surface area (Å²) < 4.78 is 5.55. The van der Waals surface area contributed by atoms with E-state index in [0.29, 0.717) is 6.61 Å². The SMILES string of the molecule is CCOC(CC)C(O)c1ccc(C(C)(C)C)cc1. The average Bonchev–Trinajstić information content (AvgIpc) is 2.34. The molecule has 18 heavy (non-hydrogen) atoms. The standard InChI is InChI=1S/C16H26O2/c1-6-14(18-7-2)15(17)12-8-10-13(11-9-12)16(3,4)5/h8-11,14-15,17H,6-7H2,1-5H3. The highest BCUT2D eigenvalue weighted by Gasteiger charge is 2.20. The number of ether oxygens (including phenoxy) is 1. The van der Waals surface area contributed by atoms with Crippen LogP contribution in [0.15, 0.2) is 24.3 Å². The van der Waals surface area contributed by atoms with E-state index in [1.165, 1.54) is 5.56 Å². The van der Waals surface area contributed by atoms with Gasteiger partial charge in [0.05, 0.1) is 6.10 Å². The van der Waals surface area contributed by atoms with Crippen LogP contribution in [0.4, 0.5) is 0 Å². The Bertz CT molecular complexity index is 348. The van der Waals surface area contributed by atoms with Crippen LogP contribution in [-0.4, -0.2) is 17.8 Å². The average molecular weight is 250 g/mol. The molecule has 0 aromatic heterocycles. The van der Waals surface area contributed by atoms with Gasteiger partial charge in [-0.1, -0.05) is 52.0 Å². The van der Waals surface area contributed by atoms with E-state index in [1.807, 2.05) is 26.0 Å². The second-order valence-electron chi connectivity index (χ2n) is 5.72. The second kappa shape index (κ2) is 6.35. The predicted molar refractivity (Wildman–Crippen MR) is 75.8 cm³/mol. The van der Waals surface area contributed by atoms with Crippen molar-refractivity contribution in [3.63, 3.8) is 0 Å². The Morgan fingerprint density at radius 1 is 1.11 bits per heavy atom. The summed E-state index contributed by atoms with van der Waals surface area (Å²) >= 11 is 0. The fourth-order valence-electron chi connectivity index (χ4n) is 2.04. The van der Waals surface area contributed by atoms with Crippen LogP contribution < -0.4 is 0 Å². The van der Waals surface area contributed by atoms with E-state index in [4.69, 9.17) is 4.74 Å². The molecule has 0 amide bonds. The second-order valence-corrected chi connectivity index (χ2v) is 5.72. The van der Waals surface area contributed by atoms with Crippen molar-refractivity contribution in [2.24, 2.45) is 0 Å². The lowest BCUT2D eigenvalue weighted by molar-refractivity contribution is -0.0355. The minimum atomic E-state index is -0.538.